The van der Waals surface area contributed by atoms with Crippen LogP contribution in [-0.4, -0.2) is 32.0 Å². The predicted molar refractivity (Wildman–Crippen MR) is 90.1 cm³/mol. The van der Waals surface area contributed by atoms with Gasteiger partial charge in [-0.1, -0.05) is 12.8 Å². The molecule has 1 aromatic carbocycles. The van der Waals surface area contributed by atoms with Gasteiger partial charge in [0, 0.05) is 0 Å². The zero-order chi connectivity index (χ0) is 16.7. The molecule has 1 saturated carbocycles. The summed E-state index contributed by atoms with van der Waals surface area (Å²) in [6.07, 6.45) is 4.18. The van der Waals surface area contributed by atoms with Gasteiger partial charge in [0.05, 0.1) is 39.3 Å². The summed E-state index contributed by atoms with van der Waals surface area (Å²) in [4.78, 5) is 16.7. The van der Waals surface area contributed by atoms with Crippen molar-refractivity contribution in [1.29, 1.82) is 0 Å². The number of carbonyl (C=O) groups is 1. The van der Waals surface area contributed by atoms with Crippen molar-refractivity contribution in [3.05, 3.63) is 23.7 Å². The third-order valence-corrected chi connectivity index (χ3v) is 7.08. The number of nitrogens with zero attached hydrogens (tertiary/aromatic N) is 1. The van der Waals surface area contributed by atoms with E-state index in [2.05, 4.69) is 9.71 Å². The summed E-state index contributed by atoms with van der Waals surface area (Å²) in [5.74, 6) is -0.691. The zero-order valence-corrected chi connectivity index (χ0v) is 14.6. The van der Waals surface area contributed by atoms with E-state index in [-0.39, 0.29) is 22.8 Å². The number of hydrogen-bond donors (Lipinski definition) is 1. The number of hydrogen-bond acceptors (Lipinski definition) is 6. The molecule has 6 nitrogen and oxygen atoms in total. The van der Waals surface area contributed by atoms with E-state index in [4.69, 9.17) is 4.74 Å². The van der Waals surface area contributed by atoms with Gasteiger partial charge in [0.25, 0.3) is 10.0 Å². The van der Waals surface area contributed by atoms with E-state index in [0.717, 1.165) is 35.9 Å². The maximum Gasteiger partial charge on any atom is 0.264 e. The number of thiazole rings is 1. The quantitative estimate of drug-likeness (QED) is 0.901. The van der Waals surface area contributed by atoms with Crippen LogP contribution >= 0.6 is 11.3 Å². The molecule has 128 valence electrons. The highest BCUT2D eigenvalue weighted by atomic mass is 32.2. The number of amides is 1. The molecule has 1 aromatic heterocycles. The first-order valence-electron chi connectivity index (χ1n) is 8.06. The van der Waals surface area contributed by atoms with Crippen molar-refractivity contribution in [3.8, 4) is 0 Å². The summed E-state index contributed by atoms with van der Waals surface area (Å²) >= 11 is 1.37. The predicted octanol–water partition coefficient (Wildman–Crippen LogP) is 2.31. The lowest BCUT2D eigenvalue weighted by atomic mass is 9.80. The van der Waals surface area contributed by atoms with Gasteiger partial charge in [-0.2, -0.15) is 0 Å². The molecule has 0 unspecified atom stereocenters. The molecule has 1 saturated heterocycles. The molecule has 1 aliphatic carbocycles. The fourth-order valence-corrected chi connectivity index (χ4v) is 5.53. The number of sulfonamides is 1. The number of carbonyl (C=O) groups excluding carboxylic acids is 1. The molecule has 0 spiro atoms. The number of ether oxygens (including phenoxy) is 1. The molecule has 2 aromatic rings. The van der Waals surface area contributed by atoms with Crippen LogP contribution in [0, 0.1) is 11.8 Å². The second kappa shape index (κ2) is 6.09. The molecular weight excluding hydrogens is 348 g/mol. The van der Waals surface area contributed by atoms with Crippen LogP contribution in [0.3, 0.4) is 0 Å². The summed E-state index contributed by atoms with van der Waals surface area (Å²) in [5, 5.41) is 0. The molecule has 24 heavy (non-hydrogen) atoms. The molecule has 1 N–H and O–H groups in total. The van der Waals surface area contributed by atoms with Gasteiger partial charge >= 0.3 is 0 Å². The molecule has 4 rings (SSSR count). The lowest BCUT2D eigenvalue weighted by Crippen LogP contribution is -2.39. The Balaban J connectivity index is 1.53. The summed E-state index contributed by atoms with van der Waals surface area (Å²) in [7, 11) is -3.88. The second-order valence-electron chi connectivity index (χ2n) is 6.38. The molecule has 2 heterocycles. The molecular formula is C16H18N2O4S2. The third kappa shape index (κ3) is 2.82. The van der Waals surface area contributed by atoms with Gasteiger partial charge in [0.1, 0.15) is 0 Å². The highest BCUT2D eigenvalue weighted by Gasteiger charge is 2.43. The van der Waals surface area contributed by atoms with E-state index in [1.165, 1.54) is 17.4 Å². The number of nitrogens with one attached hydrogen (secondary N) is 1. The molecule has 0 bridgehead atoms. The normalized spacial score (nSPS) is 27.1. The molecule has 2 aliphatic rings. The topological polar surface area (TPSA) is 85.4 Å². The molecule has 0 radical (unpaired) electrons. The Bertz CT molecular complexity index is 877. The van der Waals surface area contributed by atoms with Crippen LogP contribution in [0.4, 0.5) is 0 Å². The fraction of sp³-hybridized carbons (Fsp3) is 0.500. The average molecular weight is 366 g/mol. The summed E-state index contributed by atoms with van der Waals surface area (Å²) in [6.45, 7) is 0.310. The van der Waals surface area contributed by atoms with E-state index >= 15 is 0 Å². The minimum atomic E-state index is -3.88. The Morgan fingerprint density at radius 3 is 3.00 bits per heavy atom. The van der Waals surface area contributed by atoms with Gasteiger partial charge < -0.3 is 4.74 Å². The van der Waals surface area contributed by atoms with Gasteiger partial charge in [-0.05, 0) is 37.0 Å². The van der Waals surface area contributed by atoms with E-state index in [1.807, 2.05) is 0 Å². The zero-order valence-electron chi connectivity index (χ0n) is 13.0. The molecule has 3 atom stereocenters. The Kier molecular flexibility index (Phi) is 4.06. The van der Waals surface area contributed by atoms with E-state index in [1.54, 1.807) is 17.6 Å². The number of fused-ring (bicyclic) bond motifs is 2. The van der Waals surface area contributed by atoms with E-state index in [0.29, 0.717) is 6.61 Å². The van der Waals surface area contributed by atoms with E-state index in [9.17, 15) is 13.2 Å². The van der Waals surface area contributed by atoms with Gasteiger partial charge in [0.15, 0.2) is 0 Å². The van der Waals surface area contributed by atoms with Gasteiger partial charge in [0.2, 0.25) is 5.91 Å². The maximum absolute atomic E-state index is 12.5. The van der Waals surface area contributed by atoms with Gasteiger partial charge in [-0.3, -0.25) is 4.79 Å². The second-order valence-corrected chi connectivity index (χ2v) is 8.95. The number of aromatic nitrogens is 1. The average Bonchev–Trinajstić information content (AvgIpc) is 3.20. The summed E-state index contributed by atoms with van der Waals surface area (Å²) < 4.78 is 33.8. The van der Waals surface area contributed by atoms with Gasteiger partial charge in [-0.15, -0.1) is 11.3 Å². The van der Waals surface area contributed by atoms with Crippen LogP contribution in [0.25, 0.3) is 10.2 Å². The van der Waals surface area contributed by atoms with Crippen molar-refractivity contribution in [3.63, 3.8) is 0 Å². The van der Waals surface area contributed by atoms with E-state index < -0.39 is 15.9 Å². The molecule has 8 heteroatoms. The van der Waals surface area contributed by atoms with Crippen molar-refractivity contribution in [2.45, 2.75) is 36.7 Å². The van der Waals surface area contributed by atoms with Crippen molar-refractivity contribution in [1.82, 2.24) is 9.71 Å². The van der Waals surface area contributed by atoms with Crippen LogP contribution in [0.15, 0.2) is 28.6 Å². The first-order valence-corrected chi connectivity index (χ1v) is 10.4. The van der Waals surface area contributed by atoms with Crippen LogP contribution in [0.1, 0.15) is 25.7 Å². The minimum Gasteiger partial charge on any atom is -0.377 e. The number of benzene rings is 1. The Morgan fingerprint density at radius 2 is 2.12 bits per heavy atom. The Hall–Kier alpha value is -1.51. The fourth-order valence-electron chi connectivity index (χ4n) is 3.68. The van der Waals surface area contributed by atoms with Crippen LogP contribution < -0.4 is 4.72 Å². The van der Waals surface area contributed by atoms with Crippen LogP contribution in [0.5, 0.6) is 0 Å². The highest BCUT2D eigenvalue weighted by molar-refractivity contribution is 7.90. The Labute approximate surface area is 144 Å². The lowest BCUT2D eigenvalue weighted by molar-refractivity contribution is -0.124. The third-order valence-electron chi connectivity index (χ3n) is 4.95. The maximum atomic E-state index is 12.5. The number of rotatable bonds is 3. The van der Waals surface area contributed by atoms with Crippen LogP contribution in [-0.2, 0) is 19.6 Å². The SMILES string of the molecule is O=C(NS(=O)(=O)c1ccc2ncsc2c1)[C@@H]1CO[C@@H]2CCCC[C@@H]21. The largest absolute Gasteiger partial charge is 0.377 e. The van der Waals surface area contributed by atoms with Crippen molar-refractivity contribution >= 4 is 37.5 Å². The summed E-state index contributed by atoms with van der Waals surface area (Å²) in [6, 6.07) is 4.68. The molecule has 2 fully saturated rings. The minimum absolute atomic E-state index is 0.0895. The lowest BCUT2D eigenvalue weighted by Gasteiger charge is -2.26. The van der Waals surface area contributed by atoms with Gasteiger partial charge in [-0.25, -0.2) is 18.1 Å². The first kappa shape index (κ1) is 16.0. The Morgan fingerprint density at radius 1 is 1.29 bits per heavy atom. The smallest absolute Gasteiger partial charge is 0.264 e. The molecule has 1 amide bonds. The highest BCUT2D eigenvalue weighted by Crippen LogP contribution is 2.38. The van der Waals surface area contributed by atoms with Crippen molar-refractivity contribution in [2.75, 3.05) is 6.61 Å². The standard InChI is InChI=1S/C16H18N2O4S2/c19-16(12-8-22-14-4-2-1-3-11(12)14)18-24(20,21)10-5-6-13-15(7-10)23-9-17-13/h5-7,9,11-12,14H,1-4,8H2,(H,18,19)/t11-,12-,14-/m1/s1. The monoisotopic (exact) mass is 366 g/mol. The molecule has 1 aliphatic heterocycles. The van der Waals surface area contributed by atoms with Crippen LogP contribution in [0.2, 0.25) is 0 Å². The summed E-state index contributed by atoms with van der Waals surface area (Å²) in [5.41, 5.74) is 2.41. The first-order chi connectivity index (χ1) is 11.5. The van der Waals surface area contributed by atoms with Crippen molar-refractivity contribution < 1.29 is 17.9 Å². The van der Waals surface area contributed by atoms with Crippen molar-refractivity contribution in [2.24, 2.45) is 11.8 Å².